The lowest BCUT2D eigenvalue weighted by Gasteiger charge is -2.00. The average Bonchev–Trinajstić information content (AvgIpc) is 2.90. The molecular weight excluding hydrogens is 332 g/mol. The van der Waals surface area contributed by atoms with Crippen molar-refractivity contribution in [1.29, 1.82) is 0 Å². The summed E-state index contributed by atoms with van der Waals surface area (Å²) in [5.41, 5.74) is 0.718. The summed E-state index contributed by atoms with van der Waals surface area (Å²) in [6.45, 7) is 0. The standard InChI is InChI=1S/C17H11BrOS/c18-15-10-16(20-11-15)7-8-17(19)14-6-5-12-3-1-2-4-13(12)9-14/h1-11H/b8-7+. The van der Waals surface area contributed by atoms with E-state index in [9.17, 15) is 4.79 Å². The van der Waals surface area contributed by atoms with Crippen LogP contribution in [0, 0.1) is 0 Å². The predicted octanol–water partition coefficient (Wildman–Crippen LogP) is 5.56. The van der Waals surface area contributed by atoms with E-state index in [2.05, 4.69) is 15.9 Å². The number of thiophene rings is 1. The number of hydrogen-bond donors (Lipinski definition) is 0. The van der Waals surface area contributed by atoms with Crippen LogP contribution in [-0.2, 0) is 0 Å². The number of rotatable bonds is 3. The van der Waals surface area contributed by atoms with E-state index >= 15 is 0 Å². The van der Waals surface area contributed by atoms with E-state index in [1.165, 1.54) is 0 Å². The Morgan fingerprint density at radius 1 is 1.05 bits per heavy atom. The first-order valence-electron chi connectivity index (χ1n) is 6.18. The number of halogens is 1. The number of carbonyl (C=O) groups is 1. The SMILES string of the molecule is O=C(/C=C/c1cc(Br)cs1)c1ccc2ccccc2c1. The van der Waals surface area contributed by atoms with Gasteiger partial charge < -0.3 is 0 Å². The Morgan fingerprint density at radius 2 is 1.85 bits per heavy atom. The highest BCUT2D eigenvalue weighted by Gasteiger charge is 2.03. The molecule has 0 bridgehead atoms. The van der Waals surface area contributed by atoms with Crippen LogP contribution in [0.3, 0.4) is 0 Å². The molecule has 0 amide bonds. The highest BCUT2D eigenvalue weighted by atomic mass is 79.9. The predicted molar refractivity (Wildman–Crippen MR) is 89.3 cm³/mol. The summed E-state index contributed by atoms with van der Waals surface area (Å²) < 4.78 is 1.04. The molecule has 0 saturated heterocycles. The van der Waals surface area contributed by atoms with Crippen LogP contribution in [0.25, 0.3) is 16.8 Å². The Balaban J connectivity index is 1.86. The van der Waals surface area contributed by atoms with Crippen molar-refractivity contribution in [3.8, 4) is 0 Å². The maximum Gasteiger partial charge on any atom is 0.185 e. The number of carbonyl (C=O) groups excluding carboxylic acids is 1. The van der Waals surface area contributed by atoms with Gasteiger partial charge in [-0.3, -0.25) is 4.79 Å². The fourth-order valence-electron chi connectivity index (χ4n) is 2.01. The minimum absolute atomic E-state index is 0.0280. The van der Waals surface area contributed by atoms with Crippen LogP contribution in [0.2, 0.25) is 0 Å². The van der Waals surface area contributed by atoms with Gasteiger partial charge in [0, 0.05) is 20.3 Å². The molecule has 0 aliphatic heterocycles. The van der Waals surface area contributed by atoms with Crippen LogP contribution >= 0.6 is 27.3 Å². The molecule has 3 heteroatoms. The summed E-state index contributed by atoms with van der Waals surface area (Å²) in [4.78, 5) is 13.2. The second-order valence-electron chi connectivity index (χ2n) is 4.43. The van der Waals surface area contributed by atoms with Crippen LogP contribution < -0.4 is 0 Å². The molecule has 1 aromatic heterocycles. The van der Waals surface area contributed by atoms with Crippen LogP contribution in [0.1, 0.15) is 15.2 Å². The first-order chi connectivity index (χ1) is 9.72. The minimum Gasteiger partial charge on any atom is -0.289 e. The molecule has 0 spiro atoms. The van der Waals surface area contributed by atoms with Crippen molar-refractivity contribution in [2.75, 3.05) is 0 Å². The molecule has 20 heavy (non-hydrogen) atoms. The van der Waals surface area contributed by atoms with E-state index in [-0.39, 0.29) is 5.78 Å². The smallest absolute Gasteiger partial charge is 0.185 e. The maximum atomic E-state index is 12.2. The number of benzene rings is 2. The summed E-state index contributed by atoms with van der Waals surface area (Å²) >= 11 is 5.01. The monoisotopic (exact) mass is 342 g/mol. The molecule has 1 heterocycles. The lowest BCUT2D eigenvalue weighted by atomic mass is 10.0. The zero-order valence-electron chi connectivity index (χ0n) is 10.5. The average molecular weight is 343 g/mol. The highest BCUT2D eigenvalue weighted by molar-refractivity contribution is 9.10. The second kappa shape index (κ2) is 5.73. The zero-order chi connectivity index (χ0) is 13.9. The molecule has 0 aliphatic carbocycles. The lowest BCUT2D eigenvalue weighted by molar-refractivity contribution is 0.104. The Labute approximate surface area is 129 Å². The van der Waals surface area contributed by atoms with Crippen molar-refractivity contribution < 1.29 is 4.79 Å². The molecule has 0 radical (unpaired) electrons. The van der Waals surface area contributed by atoms with Crippen molar-refractivity contribution in [3.63, 3.8) is 0 Å². The van der Waals surface area contributed by atoms with Crippen molar-refractivity contribution in [2.45, 2.75) is 0 Å². The van der Waals surface area contributed by atoms with Gasteiger partial charge in [0.15, 0.2) is 5.78 Å². The summed E-state index contributed by atoms with van der Waals surface area (Å²) in [6, 6.07) is 15.8. The topological polar surface area (TPSA) is 17.1 Å². The van der Waals surface area contributed by atoms with Crippen molar-refractivity contribution >= 4 is 49.9 Å². The molecule has 3 rings (SSSR count). The zero-order valence-corrected chi connectivity index (χ0v) is 12.9. The third kappa shape index (κ3) is 2.89. The first kappa shape index (κ1) is 13.3. The highest BCUT2D eigenvalue weighted by Crippen LogP contribution is 2.21. The molecule has 0 aliphatic rings. The Bertz CT molecular complexity index is 801. The maximum absolute atomic E-state index is 12.2. The van der Waals surface area contributed by atoms with E-state index < -0.39 is 0 Å². The quantitative estimate of drug-likeness (QED) is 0.449. The van der Waals surface area contributed by atoms with Crippen LogP contribution in [0.15, 0.2) is 64.5 Å². The van der Waals surface area contributed by atoms with Gasteiger partial charge in [-0.1, -0.05) is 36.4 Å². The van der Waals surface area contributed by atoms with E-state index in [1.807, 2.05) is 60.0 Å². The summed E-state index contributed by atoms with van der Waals surface area (Å²) in [6.07, 6.45) is 3.48. The van der Waals surface area contributed by atoms with Gasteiger partial charge >= 0.3 is 0 Å². The Morgan fingerprint density at radius 3 is 2.60 bits per heavy atom. The molecule has 0 N–H and O–H groups in total. The van der Waals surface area contributed by atoms with Crippen molar-refractivity contribution in [3.05, 3.63) is 74.9 Å². The van der Waals surface area contributed by atoms with Gasteiger partial charge in [0.1, 0.15) is 0 Å². The Kier molecular flexibility index (Phi) is 3.81. The summed E-state index contributed by atoms with van der Waals surface area (Å²) in [7, 11) is 0. The van der Waals surface area contributed by atoms with Crippen molar-refractivity contribution in [1.82, 2.24) is 0 Å². The van der Waals surface area contributed by atoms with Gasteiger partial charge in [-0.25, -0.2) is 0 Å². The fraction of sp³-hybridized carbons (Fsp3) is 0. The third-order valence-corrected chi connectivity index (χ3v) is 4.68. The Hall–Kier alpha value is -1.71. The molecule has 1 nitrogen and oxygen atoms in total. The summed E-state index contributed by atoms with van der Waals surface area (Å²) in [5.74, 6) is 0.0280. The van der Waals surface area contributed by atoms with E-state index in [0.717, 1.165) is 25.7 Å². The molecule has 0 unspecified atom stereocenters. The molecule has 0 saturated carbocycles. The fourth-order valence-corrected chi connectivity index (χ4v) is 3.35. The number of allylic oxidation sites excluding steroid dienone is 1. The van der Waals surface area contributed by atoms with Crippen molar-refractivity contribution in [2.24, 2.45) is 0 Å². The normalized spacial score (nSPS) is 11.2. The van der Waals surface area contributed by atoms with Gasteiger partial charge in [-0.2, -0.15) is 0 Å². The van der Waals surface area contributed by atoms with Gasteiger partial charge in [0.2, 0.25) is 0 Å². The van der Waals surface area contributed by atoms with E-state index in [0.29, 0.717) is 0 Å². The van der Waals surface area contributed by atoms with Crippen LogP contribution in [0.4, 0.5) is 0 Å². The van der Waals surface area contributed by atoms with Crippen LogP contribution in [-0.4, -0.2) is 5.78 Å². The number of hydrogen-bond acceptors (Lipinski definition) is 2. The van der Waals surface area contributed by atoms with Gasteiger partial charge in [0.25, 0.3) is 0 Å². The van der Waals surface area contributed by atoms with Crippen LogP contribution in [0.5, 0.6) is 0 Å². The van der Waals surface area contributed by atoms with E-state index in [4.69, 9.17) is 0 Å². The third-order valence-electron chi connectivity index (χ3n) is 3.02. The molecule has 0 fully saturated rings. The number of fused-ring (bicyclic) bond motifs is 1. The molecule has 3 aromatic rings. The van der Waals surface area contributed by atoms with Gasteiger partial charge in [0.05, 0.1) is 0 Å². The lowest BCUT2D eigenvalue weighted by Crippen LogP contribution is -1.93. The van der Waals surface area contributed by atoms with E-state index in [1.54, 1.807) is 17.4 Å². The largest absolute Gasteiger partial charge is 0.289 e. The molecule has 98 valence electrons. The van der Waals surface area contributed by atoms with Gasteiger partial charge in [-0.15, -0.1) is 11.3 Å². The first-order valence-corrected chi connectivity index (χ1v) is 7.85. The second-order valence-corrected chi connectivity index (χ2v) is 6.29. The minimum atomic E-state index is 0.0280. The summed E-state index contributed by atoms with van der Waals surface area (Å²) in [5, 5.41) is 4.24. The molecule has 0 atom stereocenters. The molecular formula is C17H11BrOS. The van der Waals surface area contributed by atoms with Gasteiger partial charge in [-0.05, 0) is 51.0 Å². The number of ketones is 1. The molecule has 2 aromatic carbocycles.